The zero-order valence-electron chi connectivity index (χ0n) is 18.2. The molecule has 0 aliphatic carbocycles. The average molecular weight is 453 g/mol. The minimum Gasteiger partial charge on any atom is -0.467 e. The molecule has 2 heterocycles. The molecular weight excluding hydrogens is 424 g/mol. The molecule has 1 aliphatic rings. The Balaban J connectivity index is 1.44. The number of carbonyl (C=O) groups is 1. The second-order valence-corrected chi connectivity index (χ2v) is 10.2. The quantitative estimate of drug-likeness (QED) is 0.534. The smallest absolute Gasteiger partial charge is 0.230 e. The lowest BCUT2D eigenvalue weighted by Gasteiger charge is -2.33. The van der Waals surface area contributed by atoms with Gasteiger partial charge in [-0.2, -0.15) is 0 Å². The number of carbonyl (C=O) groups excluding carboxylic acids is 1. The van der Waals surface area contributed by atoms with Crippen molar-refractivity contribution in [3.05, 3.63) is 89.9 Å². The summed E-state index contributed by atoms with van der Waals surface area (Å²) in [7, 11) is -3.41. The van der Waals surface area contributed by atoms with Crippen molar-refractivity contribution in [2.75, 3.05) is 18.0 Å². The van der Waals surface area contributed by atoms with Crippen LogP contribution in [0.3, 0.4) is 0 Å². The predicted molar refractivity (Wildman–Crippen MR) is 124 cm³/mol. The number of nitrogens with zero attached hydrogens (tertiary/aromatic N) is 2. The summed E-state index contributed by atoms with van der Waals surface area (Å²) >= 11 is 0. The third-order valence-corrected chi connectivity index (χ3v) is 7.74. The molecule has 4 rings (SSSR count). The topological polar surface area (TPSA) is 70.8 Å². The van der Waals surface area contributed by atoms with Gasteiger partial charge in [0.1, 0.15) is 5.76 Å². The van der Waals surface area contributed by atoms with E-state index in [1.807, 2.05) is 73.7 Å². The Kier molecular flexibility index (Phi) is 6.77. The molecular formula is C25H28N2O4S. The van der Waals surface area contributed by atoms with Crippen molar-refractivity contribution in [1.29, 1.82) is 0 Å². The predicted octanol–water partition coefficient (Wildman–Crippen LogP) is 4.36. The van der Waals surface area contributed by atoms with Crippen LogP contribution in [0.1, 0.15) is 29.7 Å². The molecule has 1 fully saturated rings. The van der Waals surface area contributed by atoms with Crippen LogP contribution in [0.4, 0.5) is 5.69 Å². The van der Waals surface area contributed by atoms with Crippen molar-refractivity contribution in [1.82, 2.24) is 4.31 Å². The van der Waals surface area contributed by atoms with E-state index in [1.54, 1.807) is 11.2 Å². The Hall–Kier alpha value is -2.90. The number of aryl methyl sites for hydroxylation is 1. The van der Waals surface area contributed by atoms with Crippen LogP contribution in [0, 0.1) is 12.8 Å². The maximum absolute atomic E-state index is 13.5. The highest BCUT2D eigenvalue weighted by atomic mass is 32.2. The maximum Gasteiger partial charge on any atom is 0.230 e. The summed E-state index contributed by atoms with van der Waals surface area (Å²) in [6.45, 7) is 3.07. The third-order valence-electron chi connectivity index (χ3n) is 5.89. The number of sulfonamides is 1. The van der Waals surface area contributed by atoms with E-state index in [-0.39, 0.29) is 17.6 Å². The number of piperidine rings is 1. The van der Waals surface area contributed by atoms with Crippen molar-refractivity contribution >= 4 is 21.6 Å². The Morgan fingerprint density at radius 1 is 1.00 bits per heavy atom. The highest BCUT2D eigenvalue weighted by molar-refractivity contribution is 7.88. The standard InChI is InChI=1S/C25H28N2O4S/c1-20-9-11-23(12-10-20)27(18-24-8-5-17-31-24)25(28)22-13-15-26(16-14-22)32(29,30)19-21-6-3-2-4-7-21/h2-12,17,22H,13-16,18-19H2,1H3. The fourth-order valence-electron chi connectivity index (χ4n) is 4.06. The second kappa shape index (κ2) is 9.71. The SMILES string of the molecule is Cc1ccc(N(Cc2ccco2)C(=O)C2CCN(S(=O)(=O)Cc3ccccc3)CC2)cc1. The van der Waals surface area contributed by atoms with Gasteiger partial charge in [0.15, 0.2) is 0 Å². The van der Waals surface area contributed by atoms with Crippen LogP contribution in [0.5, 0.6) is 0 Å². The van der Waals surface area contributed by atoms with E-state index in [4.69, 9.17) is 4.42 Å². The summed E-state index contributed by atoms with van der Waals surface area (Å²) in [5.41, 5.74) is 2.71. The summed E-state index contributed by atoms with van der Waals surface area (Å²) in [4.78, 5) is 15.2. The van der Waals surface area contributed by atoms with Crippen molar-refractivity contribution in [2.24, 2.45) is 5.92 Å². The third kappa shape index (κ3) is 5.29. The molecule has 0 spiro atoms. The van der Waals surface area contributed by atoms with Gasteiger partial charge in [-0.15, -0.1) is 0 Å². The summed E-state index contributed by atoms with van der Waals surface area (Å²) < 4.78 is 32.7. The molecule has 6 nitrogen and oxygen atoms in total. The number of hydrogen-bond donors (Lipinski definition) is 0. The first-order chi connectivity index (χ1) is 15.4. The first kappa shape index (κ1) is 22.3. The molecule has 7 heteroatoms. The van der Waals surface area contributed by atoms with Crippen LogP contribution in [0.25, 0.3) is 0 Å². The Bertz CT molecular complexity index is 1120. The minimum atomic E-state index is -3.41. The van der Waals surface area contributed by atoms with Crippen molar-refractivity contribution in [2.45, 2.75) is 32.1 Å². The zero-order chi connectivity index (χ0) is 22.6. The largest absolute Gasteiger partial charge is 0.467 e. The molecule has 32 heavy (non-hydrogen) atoms. The molecule has 2 aromatic carbocycles. The highest BCUT2D eigenvalue weighted by Gasteiger charge is 2.33. The van der Waals surface area contributed by atoms with Crippen LogP contribution in [0.2, 0.25) is 0 Å². The Morgan fingerprint density at radius 3 is 2.31 bits per heavy atom. The lowest BCUT2D eigenvalue weighted by atomic mass is 9.96. The fourth-order valence-corrected chi connectivity index (χ4v) is 5.62. The van der Waals surface area contributed by atoms with Gasteiger partial charge in [-0.05, 0) is 49.6 Å². The van der Waals surface area contributed by atoms with Crippen LogP contribution in [-0.4, -0.2) is 31.7 Å². The van der Waals surface area contributed by atoms with Gasteiger partial charge in [0, 0.05) is 24.7 Å². The summed E-state index contributed by atoms with van der Waals surface area (Å²) in [6.07, 6.45) is 2.62. The first-order valence-electron chi connectivity index (χ1n) is 10.8. The van der Waals surface area contributed by atoms with E-state index in [0.717, 1.165) is 16.8 Å². The summed E-state index contributed by atoms with van der Waals surface area (Å²) in [6, 6.07) is 20.7. The second-order valence-electron chi connectivity index (χ2n) is 8.25. The van der Waals surface area contributed by atoms with Crippen LogP contribution >= 0.6 is 0 Å². The highest BCUT2D eigenvalue weighted by Crippen LogP contribution is 2.27. The number of hydrogen-bond acceptors (Lipinski definition) is 4. The van der Waals surface area contributed by atoms with Crippen LogP contribution in [0.15, 0.2) is 77.4 Å². The monoisotopic (exact) mass is 452 g/mol. The number of anilines is 1. The number of rotatable bonds is 7. The first-order valence-corrected chi connectivity index (χ1v) is 12.5. The molecule has 0 N–H and O–H groups in total. The summed E-state index contributed by atoms with van der Waals surface area (Å²) in [5.74, 6) is 0.474. The van der Waals surface area contributed by atoms with Gasteiger partial charge in [0.25, 0.3) is 0 Å². The number of benzene rings is 2. The van der Waals surface area contributed by atoms with Crippen molar-refractivity contribution < 1.29 is 17.6 Å². The van der Waals surface area contributed by atoms with E-state index in [1.165, 1.54) is 4.31 Å². The molecule has 0 bridgehead atoms. The van der Waals surface area contributed by atoms with Gasteiger partial charge in [-0.3, -0.25) is 4.79 Å². The maximum atomic E-state index is 13.5. The lowest BCUT2D eigenvalue weighted by molar-refractivity contribution is -0.123. The van der Waals surface area contributed by atoms with Gasteiger partial charge in [0.2, 0.25) is 15.9 Å². The minimum absolute atomic E-state index is 0.00496. The fraction of sp³-hybridized carbons (Fsp3) is 0.320. The van der Waals surface area contributed by atoms with E-state index in [2.05, 4.69) is 0 Å². The molecule has 3 aromatic rings. The Labute approximate surface area is 189 Å². The molecule has 1 aromatic heterocycles. The lowest BCUT2D eigenvalue weighted by Crippen LogP contribution is -2.44. The molecule has 1 aliphatic heterocycles. The van der Waals surface area contributed by atoms with Gasteiger partial charge in [0.05, 0.1) is 18.6 Å². The Morgan fingerprint density at radius 2 is 1.69 bits per heavy atom. The average Bonchev–Trinajstić information content (AvgIpc) is 3.32. The normalized spacial score (nSPS) is 15.5. The van der Waals surface area contributed by atoms with Gasteiger partial charge >= 0.3 is 0 Å². The van der Waals surface area contributed by atoms with E-state index in [9.17, 15) is 13.2 Å². The molecule has 1 saturated heterocycles. The van der Waals surface area contributed by atoms with E-state index >= 15 is 0 Å². The number of furan rings is 1. The van der Waals surface area contributed by atoms with Crippen LogP contribution in [-0.2, 0) is 27.1 Å². The van der Waals surface area contributed by atoms with Crippen molar-refractivity contribution in [3.63, 3.8) is 0 Å². The molecule has 0 unspecified atom stereocenters. The molecule has 0 atom stereocenters. The molecule has 0 saturated carbocycles. The summed E-state index contributed by atoms with van der Waals surface area (Å²) in [5, 5.41) is 0. The van der Waals surface area contributed by atoms with Gasteiger partial charge < -0.3 is 9.32 Å². The van der Waals surface area contributed by atoms with Gasteiger partial charge in [-0.25, -0.2) is 12.7 Å². The zero-order valence-corrected chi connectivity index (χ0v) is 19.0. The number of amides is 1. The van der Waals surface area contributed by atoms with Crippen LogP contribution < -0.4 is 4.90 Å². The van der Waals surface area contributed by atoms with E-state index < -0.39 is 10.0 Å². The van der Waals surface area contributed by atoms with Crippen molar-refractivity contribution in [3.8, 4) is 0 Å². The van der Waals surface area contributed by atoms with Gasteiger partial charge in [-0.1, -0.05) is 48.0 Å². The molecule has 0 radical (unpaired) electrons. The van der Waals surface area contributed by atoms with E-state index in [0.29, 0.717) is 38.2 Å². The molecule has 1 amide bonds. The molecule has 168 valence electrons.